The summed E-state index contributed by atoms with van der Waals surface area (Å²) in [5.41, 5.74) is 1.60. The number of nitrogens with one attached hydrogen (secondary N) is 2. The van der Waals surface area contributed by atoms with E-state index in [9.17, 15) is 9.59 Å². The number of para-hydroxylation sites is 1. The van der Waals surface area contributed by atoms with Crippen molar-refractivity contribution in [3.8, 4) is 17.1 Å². The average molecular weight is 428 g/mol. The van der Waals surface area contributed by atoms with Gasteiger partial charge in [0.2, 0.25) is 5.91 Å². The Bertz CT molecular complexity index is 961. The van der Waals surface area contributed by atoms with Crippen LogP contribution in [-0.4, -0.2) is 60.1 Å². The topological polar surface area (TPSA) is 88.5 Å². The summed E-state index contributed by atoms with van der Waals surface area (Å²) >= 11 is 0. The van der Waals surface area contributed by atoms with Gasteiger partial charge in [-0.25, -0.2) is 4.98 Å². The zero-order valence-electron chi connectivity index (χ0n) is 19.3. The van der Waals surface area contributed by atoms with E-state index < -0.39 is 11.5 Å². The minimum absolute atomic E-state index is 0.229. The second-order valence-corrected chi connectivity index (χ2v) is 9.06. The van der Waals surface area contributed by atoms with Gasteiger partial charge in [-0.05, 0) is 37.6 Å². The van der Waals surface area contributed by atoms with Gasteiger partial charge >= 0.3 is 0 Å². The summed E-state index contributed by atoms with van der Waals surface area (Å²) in [6.45, 7) is 8.06. The molecule has 0 spiro atoms. The number of carbonyl (C=O) groups excluding carboxylic acids is 2. The third-order valence-corrected chi connectivity index (χ3v) is 5.63. The van der Waals surface area contributed by atoms with E-state index >= 15 is 0 Å². The molecule has 31 heavy (non-hydrogen) atoms. The van der Waals surface area contributed by atoms with Gasteiger partial charge in [0.05, 0.1) is 18.4 Å². The normalized spacial score (nSPS) is 15.5. The van der Waals surface area contributed by atoms with Gasteiger partial charge in [0, 0.05) is 20.1 Å². The molecule has 0 bridgehead atoms. The fourth-order valence-corrected chi connectivity index (χ4v) is 3.96. The number of aromatic nitrogens is 2. The van der Waals surface area contributed by atoms with Crippen LogP contribution in [0.5, 0.6) is 5.75 Å². The van der Waals surface area contributed by atoms with E-state index in [0.29, 0.717) is 23.8 Å². The maximum absolute atomic E-state index is 13.4. The van der Waals surface area contributed by atoms with Crippen molar-refractivity contribution in [1.82, 2.24) is 25.1 Å². The van der Waals surface area contributed by atoms with Crippen LogP contribution < -0.4 is 15.4 Å². The first-order valence-electron chi connectivity index (χ1n) is 10.6. The molecule has 0 fully saturated rings. The number of imidazole rings is 1. The highest BCUT2D eigenvalue weighted by molar-refractivity contribution is 5.98. The highest BCUT2D eigenvalue weighted by atomic mass is 16.5. The predicted octanol–water partition coefficient (Wildman–Crippen LogP) is 2.28. The summed E-state index contributed by atoms with van der Waals surface area (Å²) in [5, 5.41) is 5.58. The fourth-order valence-electron chi connectivity index (χ4n) is 3.96. The Morgan fingerprint density at radius 2 is 1.90 bits per heavy atom. The third-order valence-electron chi connectivity index (χ3n) is 5.63. The summed E-state index contributed by atoms with van der Waals surface area (Å²) in [6.07, 6.45) is 0.950. The number of hydrogen-bond acceptors (Lipinski definition) is 5. The number of likely N-dealkylation sites (N-methyl/N-ethyl adjacent to an activating group) is 1. The highest BCUT2D eigenvalue weighted by Gasteiger charge is 2.34. The van der Waals surface area contributed by atoms with Crippen molar-refractivity contribution in [3.63, 3.8) is 0 Å². The van der Waals surface area contributed by atoms with Crippen molar-refractivity contribution in [2.45, 2.75) is 46.3 Å². The number of methoxy groups -OCH3 is 1. The van der Waals surface area contributed by atoms with E-state index in [2.05, 4.69) is 20.1 Å². The Balaban J connectivity index is 2.09. The second-order valence-electron chi connectivity index (χ2n) is 9.06. The van der Waals surface area contributed by atoms with Crippen LogP contribution in [0.1, 0.15) is 43.4 Å². The third kappa shape index (κ3) is 4.74. The fraction of sp³-hybridized carbons (Fsp3) is 0.522. The Kier molecular flexibility index (Phi) is 6.69. The van der Waals surface area contributed by atoms with E-state index in [4.69, 9.17) is 9.72 Å². The number of ether oxygens (including phenoxy) is 1. The average Bonchev–Trinajstić information content (AvgIpc) is 2.96. The minimum atomic E-state index is -0.680. The molecule has 8 nitrogen and oxygen atoms in total. The molecule has 3 rings (SSSR count). The lowest BCUT2D eigenvalue weighted by atomic mass is 9.86. The van der Waals surface area contributed by atoms with Gasteiger partial charge in [-0.1, -0.05) is 32.9 Å². The Labute approximate surface area is 184 Å². The number of benzene rings is 1. The lowest BCUT2D eigenvalue weighted by Crippen LogP contribution is -2.53. The number of nitrogens with zero attached hydrogens (tertiary/aromatic N) is 3. The van der Waals surface area contributed by atoms with Crippen molar-refractivity contribution < 1.29 is 14.3 Å². The van der Waals surface area contributed by atoms with Crippen LogP contribution in [0.3, 0.4) is 0 Å². The summed E-state index contributed by atoms with van der Waals surface area (Å²) in [7, 11) is 5.24. The van der Waals surface area contributed by atoms with Crippen LogP contribution in [-0.2, 0) is 17.9 Å². The predicted molar refractivity (Wildman–Crippen MR) is 120 cm³/mol. The van der Waals surface area contributed by atoms with Crippen LogP contribution in [0.4, 0.5) is 0 Å². The zero-order valence-corrected chi connectivity index (χ0v) is 19.3. The first kappa shape index (κ1) is 22.8. The molecule has 1 aliphatic heterocycles. The van der Waals surface area contributed by atoms with Crippen molar-refractivity contribution in [2.75, 3.05) is 27.7 Å². The number of carbonyl (C=O) groups is 2. The van der Waals surface area contributed by atoms with Crippen LogP contribution in [0.2, 0.25) is 0 Å². The second kappa shape index (κ2) is 9.09. The Hall–Kier alpha value is -2.87. The first-order chi connectivity index (χ1) is 14.7. The van der Waals surface area contributed by atoms with E-state index in [-0.39, 0.29) is 11.8 Å². The minimum Gasteiger partial charge on any atom is -0.496 e. The molecule has 2 amide bonds. The quantitative estimate of drug-likeness (QED) is 0.764. The lowest BCUT2D eigenvalue weighted by molar-refractivity contribution is -0.124. The van der Waals surface area contributed by atoms with E-state index in [0.717, 1.165) is 30.8 Å². The van der Waals surface area contributed by atoms with Gasteiger partial charge in [0.15, 0.2) is 5.69 Å². The van der Waals surface area contributed by atoms with Crippen LogP contribution >= 0.6 is 0 Å². The molecule has 0 saturated carbocycles. The van der Waals surface area contributed by atoms with Crippen molar-refractivity contribution in [2.24, 2.45) is 5.41 Å². The maximum atomic E-state index is 13.4. The number of rotatable bonds is 5. The summed E-state index contributed by atoms with van der Waals surface area (Å²) in [6, 6.07) is 7.01. The van der Waals surface area contributed by atoms with Gasteiger partial charge < -0.3 is 24.8 Å². The maximum Gasteiger partial charge on any atom is 0.272 e. The van der Waals surface area contributed by atoms with Crippen molar-refractivity contribution in [3.05, 3.63) is 35.7 Å². The molecular formula is C23H33N5O3. The molecule has 0 radical (unpaired) electrons. The van der Waals surface area contributed by atoms with Crippen molar-refractivity contribution in [1.29, 1.82) is 0 Å². The van der Waals surface area contributed by atoms with Gasteiger partial charge in [-0.15, -0.1) is 0 Å². The molecule has 1 aromatic carbocycles. The molecule has 1 atom stereocenters. The lowest BCUT2D eigenvalue weighted by Gasteiger charge is -2.29. The number of fused-ring (bicyclic) bond motifs is 1. The van der Waals surface area contributed by atoms with Gasteiger partial charge in [0.25, 0.3) is 5.91 Å². The monoisotopic (exact) mass is 427 g/mol. The molecule has 2 heterocycles. The van der Waals surface area contributed by atoms with E-state index in [1.54, 1.807) is 14.2 Å². The van der Waals surface area contributed by atoms with Crippen LogP contribution in [0, 0.1) is 5.41 Å². The number of amides is 2. The van der Waals surface area contributed by atoms with Gasteiger partial charge in [-0.3, -0.25) is 9.59 Å². The molecule has 1 aromatic heterocycles. The van der Waals surface area contributed by atoms with Gasteiger partial charge in [0.1, 0.15) is 17.6 Å². The smallest absolute Gasteiger partial charge is 0.272 e. The number of hydrogen-bond donors (Lipinski definition) is 2. The molecule has 0 saturated heterocycles. The molecule has 1 unspecified atom stereocenters. The molecule has 8 heteroatoms. The largest absolute Gasteiger partial charge is 0.496 e. The van der Waals surface area contributed by atoms with Crippen LogP contribution in [0.25, 0.3) is 11.4 Å². The molecule has 2 aromatic rings. The van der Waals surface area contributed by atoms with Crippen molar-refractivity contribution >= 4 is 11.8 Å². The highest BCUT2D eigenvalue weighted by Crippen LogP contribution is 2.32. The SMILES string of the molecule is CNC(=O)C(NC(=O)c1nc(-c2ccccc2OC)n2c1CN(C)CCC2)C(C)(C)C. The summed E-state index contributed by atoms with van der Waals surface area (Å²) < 4.78 is 7.66. The standard InChI is InChI=1S/C23H33N5O3/c1-23(2,3)19(22(30)24-4)26-21(29)18-16-14-27(5)12-9-13-28(16)20(25-18)15-10-7-8-11-17(15)31-6/h7-8,10-11,19H,9,12-14H2,1-6H3,(H,24,30)(H,26,29). The summed E-state index contributed by atoms with van der Waals surface area (Å²) in [4.78, 5) is 32.8. The van der Waals surface area contributed by atoms with E-state index in [1.807, 2.05) is 52.1 Å². The molecule has 1 aliphatic rings. The van der Waals surface area contributed by atoms with E-state index in [1.165, 1.54) is 0 Å². The zero-order chi connectivity index (χ0) is 22.8. The molecule has 2 N–H and O–H groups in total. The van der Waals surface area contributed by atoms with Gasteiger partial charge in [-0.2, -0.15) is 0 Å². The summed E-state index contributed by atoms with van der Waals surface area (Å²) in [5.74, 6) is 0.842. The Morgan fingerprint density at radius 3 is 2.55 bits per heavy atom. The molecule has 168 valence electrons. The molecule has 0 aliphatic carbocycles. The first-order valence-corrected chi connectivity index (χ1v) is 10.6. The molecular weight excluding hydrogens is 394 g/mol. The van der Waals surface area contributed by atoms with Crippen LogP contribution in [0.15, 0.2) is 24.3 Å². The Morgan fingerprint density at radius 1 is 1.19 bits per heavy atom.